The van der Waals surface area contributed by atoms with Crippen molar-refractivity contribution < 1.29 is 4.74 Å². The van der Waals surface area contributed by atoms with Gasteiger partial charge in [0.05, 0.1) is 11.4 Å². The number of nitrogens with zero attached hydrogens (tertiary/aromatic N) is 4. The normalized spacial score (nSPS) is 17.5. The summed E-state index contributed by atoms with van der Waals surface area (Å²) in [6.07, 6.45) is 6.42. The van der Waals surface area contributed by atoms with Gasteiger partial charge in [-0.3, -0.25) is 0 Å². The van der Waals surface area contributed by atoms with Crippen LogP contribution in [0.1, 0.15) is 57.4 Å². The second-order valence-electron chi connectivity index (χ2n) is 30.0. The average molecular weight is 1320 g/mol. The zero-order valence-electron chi connectivity index (χ0n) is 57.9. The molecule has 4 bridgehead atoms. The molecule has 0 atom stereocenters. The minimum absolute atomic E-state index is 0.172. The van der Waals surface area contributed by atoms with Crippen molar-refractivity contribution in [2.75, 3.05) is 19.6 Å². The summed E-state index contributed by atoms with van der Waals surface area (Å²) in [4.78, 5) is 10.9. The molecular weight excluding hydrogens is 1250 g/mol. The number of hydrogen-bond donors (Lipinski definition) is 0. The van der Waals surface area contributed by atoms with Crippen LogP contribution in [0.3, 0.4) is 0 Å². The minimum Gasteiger partial charge on any atom is -0.458 e. The summed E-state index contributed by atoms with van der Waals surface area (Å²) in [7, 11) is 0. The van der Waals surface area contributed by atoms with Crippen LogP contribution < -0.4 is 57.1 Å². The molecule has 0 N–H and O–H groups in total. The highest BCUT2D eigenvalue weighted by Gasteiger charge is 2.51. The molecule has 0 radical (unpaired) electrons. The van der Waals surface area contributed by atoms with Crippen LogP contribution in [0.25, 0.3) is 66.8 Å². The highest BCUT2D eigenvalue weighted by Crippen LogP contribution is 2.57. The van der Waals surface area contributed by atoms with Gasteiger partial charge >= 0.3 is 0 Å². The van der Waals surface area contributed by atoms with Gasteiger partial charge in [-0.05, 0) is 206 Å². The molecule has 0 amide bonds. The summed E-state index contributed by atoms with van der Waals surface area (Å²) in [6.45, 7) is 4.29. The van der Waals surface area contributed by atoms with Gasteiger partial charge in [0.25, 0.3) is 13.4 Å². The summed E-state index contributed by atoms with van der Waals surface area (Å²) >= 11 is 0. The van der Waals surface area contributed by atoms with Crippen molar-refractivity contribution in [2.45, 2.75) is 64.0 Å². The second-order valence-corrected chi connectivity index (χ2v) is 30.0. The molecule has 6 aliphatic heterocycles. The van der Waals surface area contributed by atoms with E-state index in [9.17, 15) is 0 Å². The maximum atomic E-state index is 7.88. The standard InChI is InChI=1S/C96H74B2N4O/c1-61(2)70-55-88-94-92(56-70)103-91-60-87-83(59-84(91)98(94)82-43-25-27-45-86(82)101(88)95-77(66-32-14-5-15-33-66)51-71(64-28-10-3-11-29-64)52-78(95)67-34-16-6-17-35-67)97-81-42-24-26-44-85(81)102(96-79(68-36-18-7-19-37-68)53-72(65-30-12-4-13-31-65)54-80(96)69-38-20-8-21-39-69)90-58-76(99-74-47-62-46-63(49-74)50-75(99)48-62)57-89(93(90)97)100(87)73-40-22-9-23-41-73/h3-45,51-63,74-75H,46-50H2,1-2H3. The van der Waals surface area contributed by atoms with Crippen LogP contribution in [-0.2, 0) is 0 Å². The molecule has 4 fully saturated rings. The minimum atomic E-state index is -0.185. The predicted octanol–water partition coefficient (Wildman–Crippen LogP) is 21.1. The van der Waals surface area contributed by atoms with Crippen molar-refractivity contribution >= 4 is 103 Å². The third-order valence-electron chi connectivity index (χ3n) is 23.9. The monoisotopic (exact) mass is 1320 g/mol. The molecule has 6 heterocycles. The van der Waals surface area contributed by atoms with Gasteiger partial charge in [0.1, 0.15) is 11.5 Å². The van der Waals surface area contributed by atoms with Crippen molar-refractivity contribution in [3.63, 3.8) is 0 Å². The molecule has 22 rings (SSSR count). The van der Waals surface area contributed by atoms with Crippen LogP contribution >= 0.6 is 0 Å². The maximum absolute atomic E-state index is 7.88. The molecule has 0 spiro atoms. The first-order chi connectivity index (χ1) is 50.9. The van der Waals surface area contributed by atoms with E-state index in [2.05, 4.69) is 355 Å². The second kappa shape index (κ2) is 23.9. The van der Waals surface area contributed by atoms with E-state index in [0.29, 0.717) is 12.1 Å². The van der Waals surface area contributed by atoms with Crippen molar-refractivity contribution in [1.29, 1.82) is 0 Å². The van der Waals surface area contributed by atoms with Crippen molar-refractivity contribution in [3.8, 4) is 78.3 Å². The first-order valence-electron chi connectivity index (χ1n) is 37.2. The van der Waals surface area contributed by atoms with Gasteiger partial charge in [0, 0.05) is 85.9 Å². The Morgan fingerprint density at radius 1 is 0.291 bits per heavy atom. The van der Waals surface area contributed by atoms with E-state index >= 15 is 0 Å². The quantitative estimate of drug-likeness (QED) is 0.120. The molecule has 14 aromatic carbocycles. The van der Waals surface area contributed by atoms with E-state index < -0.39 is 0 Å². The lowest BCUT2D eigenvalue weighted by atomic mass is 9.30. The molecule has 2 aliphatic carbocycles. The Balaban J connectivity index is 0.834. The SMILES string of the molecule is CC(C)c1cc2c3c(c1)N(c1c(-c4ccccc4)cc(-c4ccccc4)cc1-c1ccccc1)c1ccccc1B3c1cc3c(cc1O2)N(c1ccccc1)c1cc(N2C4CC5CC(C4)CC2C5)cc2c1B3c1ccccc1N2c1c(-c2ccccc2)cc(-c2ccccc2)cc1-c1ccccc1. The average Bonchev–Trinajstić information content (AvgIpc) is 0.694. The predicted molar refractivity (Wildman–Crippen MR) is 433 cm³/mol. The summed E-state index contributed by atoms with van der Waals surface area (Å²) < 4.78 is 7.88. The topological polar surface area (TPSA) is 22.2 Å². The van der Waals surface area contributed by atoms with E-state index in [4.69, 9.17) is 4.74 Å². The summed E-state index contributed by atoms with van der Waals surface area (Å²) in [5.41, 5.74) is 34.6. The van der Waals surface area contributed by atoms with Gasteiger partial charge in [0.2, 0.25) is 0 Å². The molecule has 0 aromatic heterocycles. The van der Waals surface area contributed by atoms with E-state index in [0.717, 1.165) is 74.0 Å². The molecule has 7 heteroatoms. The molecule has 2 saturated heterocycles. The largest absolute Gasteiger partial charge is 0.458 e. The number of para-hydroxylation sites is 3. The van der Waals surface area contributed by atoms with Gasteiger partial charge < -0.3 is 24.3 Å². The van der Waals surface area contributed by atoms with E-state index in [1.54, 1.807) is 0 Å². The Labute approximate surface area is 604 Å². The number of ether oxygens (including phenoxy) is 1. The van der Waals surface area contributed by atoms with Crippen molar-refractivity contribution in [2.24, 2.45) is 11.8 Å². The number of benzene rings is 14. The summed E-state index contributed by atoms with van der Waals surface area (Å²) in [6, 6.07) is 122. The fourth-order valence-corrected chi connectivity index (χ4v) is 19.6. The zero-order chi connectivity index (χ0) is 68.0. The van der Waals surface area contributed by atoms with Crippen molar-refractivity contribution in [3.05, 3.63) is 327 Å². The van der Waals surface area contributed by atoms with Gasteiger partial charge in [-0.1, -0.05) is 257 Å². The third kappa shape index (κ3) is 9.61. The Hall–Kier alpha value is -11.8. The fraction of sp³-hybridized carbons (Fsp3) is 0.125. The lowest BCUT2D eigenvalue weighted by Crippen LogP contribution is -2.64. The number of piperidine rings is 2. The van der Waals surface area contributed by atoms with Gasteiger partial charge in [-0.15, -0.1) is 0 Å². The summed E-state index contributed by atoms with van der Waals surface area (Å²) in [5, 5.41) is 0. The van der Waals surface area contributed by atoms with E-state index in [1.807, 2.05) is 0 Å². The molecule has 2 saturated carbocycles. The number of anilines is 10. The van der Waals surface area contributed by atoms with E-state index in [1.165, 1.54) is 143 Å². The highest BCUT2D eigenvalue weighted by atomic mass is 16.5. The molecule has 103 heavy (non-hydrogen) atoms. The van der Waals surface area contributed by atoms with Crippen molar-refractivity contribution in [1.82, 2.24) is 0 Å². The zero-order valence-corrected chi connectivity index (χ0v) is 57.9. The number of hydrogen-bond acceptors (Lipinski definition) is 5. The Kier molecular flexibility index (Phi) is 13.9. The first-order valence-corrected chi connectivity index (χ1v) is 37.2. The van der Waals surface area contributed by atoms with Crippen LogP contribution in [-0.4, -0.2) is 25.5 Å². The molecule has 490 valence electrons. The Morgan fingerprint density at radius 3 is 1.13 bits per heavy atom. The Bertz CT molecular complexity index is 5530. The number of rotatable bonds is 11. The van der Waals surface area contributed by atoms with Gasteiger partial charge in [-0.2, -0.15) is 0 Å². The van der Waals surface area contributed by atoms with Crippen LogP contribution in [0, 0.1) is 11.8 Å². The summed E-state index contributed by atoms with van der Waals surface area (Å²) in [5.74, 6) is 3.60. The van der Waals surface area contributed by atoms with Crippen LogP contribution in [0.5, 0.6) is 11.5 Å². The molecule has 8 aliphatic rings. The van der Waals surface area contributed by atoms with Crippen LogP contribution in [0.15, 0.2) is 322 Å². The lowest BCUT2D eigenvalue weighted by molar-refractivity contribution is 0.0900. The maximum Gasteiger partial charge on any atom is 0.256 e. The molecule has 0 unspecified atom stereocenters. The smallest absolute Gasteiger partial charge is 0.256 e. The van der Waals surface area contributed by atoms with Gasteiger partial charge in [0.15, 0.2) is 0 Å². The fourth-order valence-electron chi connectivity index (χ4n) is 19.6. The van der Waals surface area contributed by atoms with Crippen LogP contribution in [0.2, 0.25) is 0 Å². The highest BCUT2D eigenvalue weighted by molar-refractivity contribution is 7.02. The number of fused-ring (bicyclic) bond motifs is 8. The Morgan fingerprint density at radius 2 is 0.680 bits per heavy atom. The lowest BCUT2D eigenvalue weighted by Gasteiger charge is -2.58. The van der Waals surface area contributed by atoms with Gasteiger partial charge in [-0.25, -0.2) is 0 Å². The first kappa shape index (κ1) is 60.0. The van der Waals surface area contributed by atoms with Crippen LogP contribution in [0.4, 0.5) is 56.9 Å². The third-order valence-corrected chi connectivity index (χ3v) is 23.9. The molecule has 14 aromatic rings. The molecule has 5 nitrogen and oxygen atoms in total. The van der Waals surface area contributed by atoms with E-state index in [-0.39, 0.29) is 19.3 Å². The molecular formula is C96H74B2N4O.